The lowest BCUT2D eigenvalue weighted by molar-refractivity contribution is -0.192. The minimum absolute atomic E-state index is 0.00701. The van der Waals surface area contributed by atoms with Gasteiger partial charge in [0.25, 0.3) is 35.4 Å². The molecule has 36 heteroatoms. The number of likely N-dealkylation sites (tertiary alicyclic amines) is 6. The minimum atomic E-state index is -4.93. The minimum Gasteiger partial charge on any atom is -0.440 e. The quantitative estimate of drug-likeness (QED) is 0.0592. The number of carbonyl (C=O) groups excluding carboxylic acids is 18. The average Bonchev–Trinajstić information content (AvgIpc) is 0.851. The highest BCUT2D eigenvalue weighted by Gasteiger charge is 2.52. The fraction of sp³-hybridized carbons (Fsp3) is 0.508. The molecule has 0 N–H and O–H groups in total. The average molecular weight is 1390 g/mol. The molecular weight excluding hydrogens is 1310 g/mol. The number of rotatable bonds is 18. The first kappa shape index (κ1) is 84.7. The molecular formula is C61H74F6N6O24. The normalized spacial score (nSPS) is 19.5. The first-order chi connectivity index (χ1) is 44.6. The molecule has 0 aromatic rings. The molecule has 6 heterocycles. The Morgan fingerprint density at radius 3 is 0.732 bits per heavy atom. The molecule has 0 radical (unpaired) electrons. The summed E-state index contributed by atoms with van der Waals surface area (Å²) in [4.78, 5) is 205. The molecule has 6 aliphatic rings. The molecule has 0 bridgehead atoms. The summed E-state index contributed by atoms with van der Waals surface area (Å²) in [6.45, 7) is 36.2. The standard InChI is InChI=1S/C11H12F3NO4.C11H15NO4.C10H10F3NO4.2C10H13NO4.C9H11NO4/c1-5(2)10(18)19-8-4-7(16)15(8)9(17)6(3)11(12,13)14;1-6(2)10(14)12-8(13)5-9(12)16-11(15)7(3)4;1-3-8(16)18-7-4-6(15)14(7)9(17)5(2)10(11,12)13;1-4-9(13)15-8-5-7(12)11(8)10(14)6(2)3;1-4-7(12)11-8(13)5-9(11)15-10(14)6(2)3;1-3-6(11)10-7(12)5-8(10)14-9(13)4-2/h5,8H,3-4H2,1-2H3;7,9H,1,5H2,2-4H3;7H,2-4H2,1H3;8H,2,4-5H2,1,3H3;4,6,9H,1,5H2,2-3H3;3,8H,1,4-5H2,2H3. The van der Waals surface area contributed by atoms with E-state index in [0.717, 1.165) is 31.8 Å². The molecule has 6 atom stereocenters. The number of nitrogens with zero attached hydrogens (tertiary/aromatic N) is 6. The van der Waals surface area contributed by atoms with E-state index < -0.39 is 150 Å². The number of hydrogen-bond acceptors (Lipinski definition) is 24. The maximum Gasteiger partial charge on any atom is 0.421 e. The molecule has 6 unspecified atom stereocenters. The zero-order valence-corrected chi connectivity index (χ0v) is 54.7. The Kier molecular flexibility index (Phi) is 31.9. The topological polar surface area (TPSA) is 382 Å². The van der Waals surface area contributed by atoms with Crippen molar-refractivity contribution >= 4 is 107 Å². The van der Waals surface area contributed by atoms with Crippen molar-refractivity contribution in [2.45, 2.75) is 184 Å². The van der Waals surface area contributed by atoms with Gasteiger partial charge in [0.15, 0.2) is 37.4 Å². The fourth-order valence-corrected chi connectivity index (χ4v) is 7.05. The zero-order chi connectivity index (χ0) is 75.4. The highest BCUT2D eigenvalue weighted by Crippen LogP contribution is 2.33. The van der Waals surface area contributed by atoms with Crippen LogP contribution in [0, 0.1) is 17.8 Å². The number of amides is 12. The van der Waals surface area contributed by atoms with E-state index in [0.29, 0.717) is 0 Å². The summed E-state index contributed by atoms with van der Waals surface area (Å²) in [6, 6.07) is 0. The molecule has 12 amide bonds. The molecule has 6 saturated heterocycles. The van der Waals surface area contributed by atoms with Crippen LogP contribution in [0.5, 0.6) is 0 Å². The Labute approximate surface area is 551 Å². The van der Waals surface area contributed by atoms with Gasteiger partial charge in [-0.25, -0.2) is 29.4 Å². The Morgan fingerprint density at radius 1 is 0.381 bits per heavy atom. The third kappa shape index (κ3) is 23.5. The van der Waals surface area contributed by atoms with Crippen molar-refractivity contribution in [1.82, 2.24) is 29.4 Å². The van der Waals surface area contributed by atoms with Gasteiger partial charge in [-0.15, -0.1) is 0 Å². The number of halogens is 6. The smallest absolute Gasteiger partial charge is 0.421 e. The molecule has 534 valence electrons. The predicted octanol–water partition coefficient (Wildman–Crippen LogP) is 4.65. The van der Waals surface area contributed by atoms with E-state index in [1.54, 1.807) is 41.5 Å². The summed E-state index contributed by atoms with van der Waals surface area (Å²) < 4.78 is 103. The van der Waals surface area contributed by atoms with Crippen molar-refractivity contribution in [3.05, 3.63) is 73.9 Å². The second-order valence-electron chi connectivity index (χ2n) is 21.7. The van der Waals surface area contributed by atoms with Crippen LogP contribution in [0.3, 0.4) is 0 Å². The lowest BCUT2D eigenvalue weighted by Gasteiger charge is -2.38. The second kappa shape index (κ2) is 36.5. The van der Waals surface area contributed by atoms with Crippen molar-refractivity contribution in [3.63, 3.8) is 0 Å². The van der Waals surface area contributed by atoms with Crippen LogP contribution in [0.1, 0.15) is 134 Å². The van der Waals surface area contributed by atoms with Gasteiger partial charge < -0.3 is 28.4 Å². The maximum atomic E-state index is 12.3. The van der Waals surface area contributed by atoms with E-state index in [1.165, 1.54) is 34.6 Å². The SMILES string of the molecule is C=C(C(=O)N1C(=O)CC1OC(=O)C(C)C)C(F)(F)F.C=C(C(=O)N1C(=O)CC1OC(=O)CC)C(F)(F)F.C=C(C)C(=O)N1C(=O)CC1OC(=O)C(C)C.C=C(C)C(=O)N1C(=O)CC1OC(=O)CC.C=CC(=O)N1C(=O)CC1OC(=O)C(C)C.C=CC(=O)N1C(=O)CC1OC(=O)CC. The number of imide groups is 6. The molecule has 97 heavy (non-hydrogen) atoms. The van der Waals surface area contributed by atoms with Crippen LogP contribution in [0.25, 0.3) is 0 Å². The summed E-state index contributed by atoms with van der Waals surface area (Å²) in [7, 11) is 0. The molecule has 30 nitrogen and oxygen atoms in total. The molecule has 6 fully saturated rings. The zero-order valence-electron chi connectivity index (χ0n) is 54.7. The van der Waals surface area contributed by atoms with Crippen LogP contribution in [-0.2, 0) is 115 Å². The Bertz CT molecular complexity index is 3260. The van der Waals surface area contributed by atoms with Gasteiger partial charge in [0, 0.05) is 30.4 Å². The summed E-state index contributed by atoms with van der Waals surface area (Å²) in [5, 5.41) is 0. The Balaban J connectivity index is 0.000000584. The van der Waals surface area contributed by atoms with Crippen molar-refractivity contribution in [3.8, 4) is 0 Å². The van der Waals surface area contributed by atoms with Crippen LogP contribution >= 0.6 is 0 Å². The fourth-order valence-electron chi connectivity index (χ4n) is 7.05. The molecule has 0 aromatic carbocycles. The van der Waals surface area contributed by atoms with E-state index in [4.69, 9.17) is 23.7 Å². The molecule has 0 saturated carbocycles. The summed E-state index contributed by atoms with van der Waals surface area (Å²) >= 11 is 0. The number of ether oxygens (including phenoxy) is 6. The van der Waals surface area contributed by atoms with Crippen LogP contribution in [0.15, 0.2) is 73.9 Å². The van der Waals surface area contributed by atoms with Gasteiger partial charge in [-0.2, -0.15) is 26.3 Å². The molecule has 0 aromatic heterocycles. The van der Waals surface area contributed by atoms with Crippen LogP contribution in [0.2, 0.25) is 0 Å². The van der Waals surface area contributed by atoms with E-state index >= 15 is 0 Å². The largest absolute Gasteiger partial charge is 0.440 e. The Hall–Kier alpha value is -10.3. The van der Waals surface area contributed by atoms with Gasteiger partial charge in [-0.05, 0) is 26.0 Å². The summed E-state index contributed by atoms with van der Waals surface area (Å²) in [5.41, 5.74) is -2.85. The van der Waals surface area contributed by atoms with E-state index in [-0.39, 0.29) is 114 Å². The van der Waals surface area contributed by atoms with Crippen molar-refractivity contribution < 1.29 is 141 Å². The lowest BCUT2D eigenvalue weighted by atomic mass is 10.1. The number of esters is 6. The van der Waals surface area contributed by atoms with Crippen molar-refractivity contribution in [2.75, 3.05) is 0 Å². The van der Waals surface area contributed by atoms with Gasteiger partial charge in [0.2, 0.25) is 35.4 Å². The van der Waals surface area contributed by atoms with Gasteiger partial charge in [0.05, 0.1) is 56.3 Å². The van der Waals surface area contributed by atoms with Crippen molar-refractivity contribution in [2.24, 2.45) is 17.8 Å². The molecule has 0 aliphatic carbocycles. The van der Waals surface area contributed by atoms with E-state index in [2.05, 4.69) is 44.2 Å². The van der Waals surface area contributed by atoms with Crippen molar-refractivity contribution in [1.29, 1.82) is 0 Å². The first-order valence-corrected chi connectivity index (χ1v) is 29.1. The summed E-state index contributed by atoms with van der Waals surface area (Å²) in [5.74, 6) is -12.4. The third-order valence-electron chi connectivity index (χ3n) is 12.9. The summed E-state index contributed by atoms with van der Waals surface area (Å²) in [6.07, 6.45) is -13.2. The third-order valence-corrected chi connectivity index (χ3v) is 12.9. The highest BCUT2D eigenvalue weighted by molar-refractivity contribution is 6.10. The van der Waals surface area contributed by atoms with Gasteiger partial charge in [0.1, 0.15) is 11.1 Å². The lowest BCUT2D eigenvalue weighted by Crippen LogP contribution is -2.58. The highest BCUT2D eigenvalue weighted by atomic mass is 19.4. The monoisotopic (exact) mass is 1390 g/mol. The molecule has 6 rings (SSSR count). The number of β-lactam (4-membered cyclic amide) rings is 6. The first-order valence-electron chi connectivity index (χ1n) is 29.1. The number of carbonyl (C=O) groups is 18. The molecule has 0 spiro atoms. The molecule has 6 aliphatic heterocycles. The van der Waals surface area contributed by atoms with Gasteiger partial charge in [-0.1, -0.05) is 102 Å². The van der Waals surface area contributed by atoms with Crippen LogP contribution < -0.4 is 0 Å². The number of alkyl halides is 6. The van der Waals surface area contributed by atoms with Gasteiger partial charge in [-0.3, -0.25) is 86.3 Å². The van der Waals surface area contributed by atoms with Gasteiger partial charge >= 0.3 is 48.2 Å². The maximum absolute atomic E-state index is 12.3. The van der Waals surface area contributed by atoms with Crippen LogP contribution in [0.4, 0.5) is 26.3 Å². The van der Waals surface area contributed by atoms with E-state index in [9.17, 15) is 113 Å². The predicted molar refractivity (Wildman–Crippen MR) is 314 cm³/mol. The Morgan fingerprint density at radius 2 is 0.567 bits per heavy atom. The number of hydrogen-bond donors (Lipinski definition) is 0. The van der Waals surface area contributed by atoms with E-state index in [1.807, 2.05) is 0 Å². The second-order valence-corrected chi connectivity index (χ2v) is 21.7. The van der Waals surface area contributed by atoms with Crippen LogP contribution in [-0.4, -0.2) is 186 Å².